The fraction of sp³-hybridized carbons (Fsp3) is 0.118. The molecule has 0 amide bonds. The van der Waals surface area contributed by atoms with E-state index in [1.165, 1.54) is 17.6 Å². The molecular weight excluding hydrogens is 410 g/mol. The maximum absolute atomic E-state index is 11.5. The number of ether oxygens (including phenoxy) is 1. The summed E-state index contributed by atoms with van der Waals surface area (Å²) >= 11 is 4.98. The Morgan fingerprint density at radius 3 is 2.46 bits per heavy atom. The van der Waals surface area contributed by atoms with Crippen LogP contribution in [0.3, 0.4) is 0 Å². The van der Waals surface area contributed by atoms with E-state index in [9.17, 15) is 8.42 Å². The molecule has 24 heavy (non-hydrogen) atoms. The molecule has 0 aliphatic heterocycles. The smallest absolute Gasteiger partial charge is 0.175 e. The van der Waals surface area contributed by atoms with Crippen LogP contribution in [0.1, 0.15) is 0 Å². The summed E-state index contributed by atoms with van der Waals surface area (Å²) in [7, 11) is -1.56. The topological polar surface area (TPSA) is 56.3 Å². The van der Waals surface area contributed by atoms with Gasteiger partial charge in [-0.2, -0.15) is 0 Å². The number of halogens is 1. The molecule has 0 atom stereocenters. The summed E-state index contributed by atoms with van der Waals surface area (Å²) in [5, 5.41) is 2.79. The fourth-order valence-electron chi connectivity index (χ4n) is 2.25. The summed E-state index contributed by atoms with van der Waals surface area (Å²) in [6.45, 7) is 0. The molecule has 0 saturated carbocycles. The molecule has 0 unspecified atom stereocenters. The summed E-state index contributed by atoms with van der Waals surface area (Å²) in [6, 6.07) is 12.5. The van der Waals surface area contributed by atoms with Gasteiger partial charge in [-0.3, -0.25) is 0 Å². The van der Waals surface area contributed by atoms with Crippen molar-refractivity contribution < 1.29 is 13.2 Å². The predicted octanol–water partition coefficient (Wildman–Crippen LogP) is 4.65. The lowest BCUT2D eigenvalue weighted by molar-refractivity contribution is 0.416. The Morgan fingerprint density at radius 2 is 1.83 bits per heavy atom. The molecule has 124 valence electrons. The van der Waals surface area contributed by atoms with Crippen LogP contribution in [0.5, 0.6) is 5.75 Å². The SMILES string of the molecule is COc1ccc(Br)cc1-c1nc(-c2ccc(S(C)(=O)=O)cc2)cs1. The van der Waals surface area contributed by atoms with E-state index in [-0.39, 0.29) is 0 Å². The van der Waals surface area contributed by atoms with Crippen molar-refractivity contribution in [1.82, 2.24) is 4.98 Å². The molecule has 2 aromatic carbocycles. The molecule has 0 bridgehead atoms. The molecule has 1 aromatic heterocycles. The average Bonchev–Trinajstić information content (AvgIpc) is 3.04. The molecule has 0 aliphatic carbocycles. The van der Waals surface area contributed by atoms with Gasteiger partial charge in [-0.25, -0.2) is 13.4 Å². The van der Waals surface area contributed by atoms with Crippen molar-refractivity contribution in [3.63, 3.8) is 0 Å². The van der Waals surface area contributed by atoms with Crippen molar-refractivity contribution in [1.29, 1.82) is 0 Å². The van der Waals surface area contributed by atoms with E-state index in [1.807, 2.05) is 23.6 Å². The second kappa shape index (κ2) is 6.66. The summed E-state index contributed by atoms with van der Waals surface area (Å²) in [5.74, 6) is 0.756. The molecule has 1 heterocycles. The van der Waals surface area contributed by atoms with E-state index in [2.05, 4.69) is 20.9 Å². The number of methoxy groups -OCH3 is 1. The molecular formula is C17H14BrNO3S2. The molecule has 3 aromatic rings. The van der Waals surface area contributed by atoms with Crippen LogP contribution in [0.25, 0.3) is 21.8 Å². The lowest BCUT2D eigenvalue weighted by Crippen LogP contribution is -1.96. The average molecular weight is 424 g/mol. The first-order valence-corrected chi connectivity index (χ1v) is 10.5. The van der Waals surface area contributed by atoms with E-state index in [1.54, 1.807) is 31.4 Å². The Bertz CT molecular complexity index is 979. The highest BCUT2D eigenvalue weighted by molar-refractivity contribution is 9.10. The minimum Gasteiger partial charge on any atom is -0.496 e. The second-order valence-electron chi connectivity index (χ2n) is 5.18. The molecule has 0 aliphatic rings. The predicted molar refractivity (Wildman–Crippen MR) is 100 cm³/mol. The normalized spacial score (nSPS) is 11.5. The number of benzene rings is 2. The van der Waals surface area contributed by atoms with E-state index >= 15 is 0 Å². The second-order valence-corrected chi connectivity index (χ2v) is 8.97. The minimum atomic E-state index is -3.19. The molecule has 4 nitrogen and oxygen atoms in total. The molecule has 0 spiro atoms. The Kier molecular flexibility index (Phi) is 4.76. The summed E-state index contributed by atoms with van der Waals surface area (Å²) in [4.78, 5) is 4.96. The van der Waals surface area contributed by atoms with Crippen LogP contribution in [-0.4, -0.2) is 26.8 Å². The largest absolute Gasteiger partial charge is 0.496 e. The Labute approximate surface area is 153 Å². The summed E-state index contributed by atoms with van der Waals surface area (Å²) in [5.41, 5.74) is 2.59. The van der Waals surface area contributed by atoms with Gasteiger partial charge in [0.2, 0.25) is 0 Å². The molecule has 0 N–H and O–H groups in total. The van der Waals surface area contributed by atoms with E-state index < -0.39 is 9.84 Å². The lowest BCUT2D eigenvalue weighted by atomic mass is 10.2. The number of rotatable bonds is 4. The number of sulfone groups is 1. The number of hydrogen-bond acceptors (Lipinski definition) is 5. The van der Waals surface area contributed by atoms with Crippen molar-refractivity contribution in [2.75, 3.05) is 13.4 Å². The highest BCUT2D eigenvalue weighted by atomic mass is 79.9. The zero-order valence-electron chi connectivity index (χ0n) is 13.0. The first kappa shape index (κ1) is 17.1. The third kappa shape index (κ3) is 3.53. The van der Waals surface area contributed by atoms with Crippen LogP contribution < -0.4 is 4.74 Å². The van der Waals surface area contributed by atoms with Crippen LogP contribution in [0.4, 0.5) is 0 Å². The van der Waals surface area contributed by atoms with Crippen LogP contribution in [0, 0.1) is 0 Å². The maximum Gasteiger partial charge on any atom is 0.175 e. The van der Waals surface area contributed by atoms with Gasteiger partial charge in [-0.05, 0) is 30.3 Å². The van der Waals surface area contributed by atoms with Crippen molar-refractivity contribution in [2.24, 2.45) is 0 Å². The number of nitrogens with zero attached hydrogens (tertiary/aromatic N) is 1. The van der Waals surface area contributed by atoms with Gasteiger partial charge in [-0.15, -0.1) is 11.3 Å². The van der Waals surface area contributed by atoms with Crippen LogP contribution in [-0.2, 0) is 9.84 Å². The standard InChI is InChI=1S/C17H14BrNO3S2/c1-22-16-8-5-12(18)9-14(16)17-19-15(10-23-17)11-3-6-13(7-4-11)24(2,20)21/h3-10H,1-2H3. The quantitative estimate of drug-likeness (QED) is 0.612. The van der Waals surface area contributed by atoms with E-state index in [0.717, 1.165) is 32.1 Å². The van der Waals surface area contributed by atoms with Crippen LogP contribution >= 0.6 is 27.3 Å². The first-order valence-electron chi connectivity index (χ1n) is 6.98. The molecule has 7 heteroatoms. The highest BCUT2D eigenvalue weighted by Crippen LogP contribution is 2.36. The number of hydrogen-bond donors (Lipinski definition) is 0. The van der Waals surface area contributed by atoms with Crippen LogP contribution in [0.15, 0.2) is 57.2 Å². The van der Waals surface area contributed by atoms with Gasteiger partial charge in [0.1, 0.15) is 10.8 Å². The van der Waals surface area contributed by atoms with Crippen molar-refractivity contribution >= 4 is 37.1 Å². The van der Waals surface area contributed by atoms with Gasteiger partial charge in [0.05, 0.1) is 23.3 Å². The maximum atomic E-state index is 11.5. The molecule has 0 saturated heterocycles. The van der Waals surface area contributed by atoms with Gasteiger partial charge < -0.3 is 4.74 Å². The number of aromatic nitrogens is 1. The lowest BCUT2D eigenvalue weighted by Gasteiger charge is -2.06. The Hall–Kier alpha value is -1.70. The fourth-order valence-corrected chi connectivity index (χ4v) is 4.09. The Balaban J connectivity index is 1.98. The molecule has 0 fully saturated rings. The third-order valence-electron chi connectivity index (χ3n) is 3.47. The van der Waals surface area contributed by atoms with Crippen molar-refractivity contribution in [2.45, 2.75) is 4.90 Å². The summed E-state index contributed by atoms with van der Waals surface area (Å²) in [6.07, 6.45) is 1.20. The van der Waals surface area contributed by atoms with Gasteiger partial charge in [0.15, 0.2) is 9.84 Å². The summed E-state index contributed by atoms with van der Waals surface area (Å²) < 4.78 is 29.4. The zero-order valence-corrected chi connectivity index (χ0v) is 16.2. The van der Waals surface area contributed by atoms with Gasteiger partial charge in [0, 0.05) is 21.7 Å². The highest BCUT2D eigenvalue weighted by Gasteiger charge is 2.13. The van der Waals surface area contributed by atoms with Crippen molar-refractivity contribution in [3.8, 4) is 27.6 Å². The first-order chi connectivity index (χ1) is 11.4. The van der Waals surface area contributed by atoms with Gasteiger partial charge in [0.25, 0.3) is 0 Å². The molecule has 3 rings (SSSR count). The number of thiazole rings is 1. The zero-order chi connectivity index (χ0) is 17.3. The van der Waals surface area contributed by atoms with Crippen molar-refractivity contribution in [3.05, 3.63) is 52.3 Å². The Morgan fingerprint density at radius 1 is 1.12 bits per heavy atom. The molecule has 0 radical (unpaired) electrons. The van der Waals surface area contributed by atoms with Gasteiger partial charge >= 0.3 is 0 Å². The van der Waals surface area contributed by atoms with Gasteiger partial charge in [-0.1, -0.05) is 28.1 Å². The van der Waals surface area contributed by atoms with E-state index in [0.29, 0.717) is 4.90 Å². The van der Waals surface area contributed by atoms with E-state index in [4.69, 9.17) is 4.74 Å². The van der Waals surface area contributed by atoms with Crippen LogP contribution in [0.2, 0.25) is 0 Å². The monoisotopic (exact) mass is 423 g/mol. The minimum absolute atomic E-state index is 0.301. The third-order valence-corrected chi connectivity index (χ3v) is 5.97.